The van der Waals surface area contributed by atoms with Crippen molar-refractivity contribution in [3.63, 3.8) is 0 Å². The highest BCUT2D eigenvalue weighted by molar-refractivity contribution is 7.08. The molecule has 0 bridgehead atoms. The van der Waals surface area contributed by atoms with Crippen molar-refractivity contribution in [2.24, 2.45) is 5.92 Å². The summed E-state index contributed by atoms with van der Waals surface area (Å²) in [7, 11) is 0. The van der Waals surface area contributed by atoms with Crippen molar-refractivity contribution < 1.29 is 14.7 Å². The lowest BCUT2D eigenvalue weighted by molar-refractivity contribution is -0.142. The molecule has 0 aliphatic heterocycles. The molecule has 0 aliphatic carbocycles. The molecule has 0 saturated heterocycles. The molecule has 1 aromatic heterocycles. The minimum atomic E-state index is -0.939. The quantitative estimate of drug-likeness (QED) is 0.891. The van der Waals surface area contributed by atoms with Crippen LogP contribution < -0.4 is 5.32 Å². The molecule has 0 radical (unpaired) electrons. The van der Waals surface area contributed by atoms with Crippen molar-refractivity contribution in [3.05, 3.63) is 57.8 Å². The van der Waals surface area contributed by atoms with Crippen molar-refractivity contribution in [2.45, 2.75) is 19.9 Å². The summed E-state index contributed by atoms with van der Waals surface area (Å²) in [5, 5.41) is 15.8. The molecule has 0 saturated carbocycles. The van der Waals surface area contributed by atoms with Crippen molar-refractivity contribution in [2.75, 3.05) is 0 Å². The second kappa shape index (κ2) is 6.54. The third-order valence-electron chi connectivity index (χ3n) is 3.43. The number of nitrogens with one attached hydrogen (secondary N) is 1. The number of hydrogen-bond donors (Lipinski definition) is 2. The molecule has 2 N–H and O–H groups in total. The van der Waals surface area contributed by atoms with Gasteiger partial charge in [0.05, 0.1) is 17.5 Å². The van der Waals surface area contributed by atoms with E-state index in [0.717, 1.165) is 11.1 Å². The highest BCUT2D eigenvalue weighted by Gasteiger charge is 2.27. The molecular weight excluding hydrogens is 286 g/mol. The molecule has 2 aromatic rings. The maximum absolute atomic E-state index is 12.3. The Morgan fingerprint density at radius 3 is 2.38 bits per heavy atom. The van der Waals surface area contributed by atoms with E-state index in [2.05, 4.69) is 5.32 Å². The zero-order valence-electron chi connectivity index (χ0n) is 11.9. The largest absolute Gasteiger partial charge is 0.481 e. The SMILES string of the molecule is Cc1cscc1C(=O)N[C@H](c1ccccc1)[C@@H](C)C(=O)O. The first-order chi connectivity index (χ1) is 10.0. The summed E-state index contributed by atoms with van der Waals surface area (Å²) in [4.78, 5) is 23.6. The molecule has 1 amide bonds. The molecule has 21 heavy (non-hydrogen) atoms. The molecule has 1 heterocycles. The zero-order chi connectivity index (χ0) is 15.4. The van der Waals surface area contributed by atoms with Crippen LogP contribution in [0.25, 0.3) is 0 Å². The topological polar surface area (TPSA) is 66.4 Å². The average molecular weight is 303 g/mol. The standard InChI is InChI=1S/C16H17NO3S/c1-10-8-21-9-13(10)15(18)17-14(11(2)16(19)20)12-6-4-3-5-7-12/h3-9,11,14H,1-2H3,(H,17,18)(H,19,20)/t11-,14+/m1/s1. The third kappa shape index (κ3) is 3.49. The van der Waals surface area contributed by atoms with E-state index in [4.69, 9.17) is 0 Å². The van der Waals surface area contributed by atoms with Gasteiger partial charge in [0.15, 0.2) is 0 Å². The van der Waals surface area contributed by atoms with Crippen molar-refractivity contribution in [1.82, 2.24) is 5.32 Å². The van der Waals surface area contributed by atoms with Gasteiger partial charge in [-0.2, -0.15) is 11.3 Å². The van der Waals surface area contributed by atoms with Gasteiger partial charge in [0.2, 0.25) is 0 Å². The van der Waals surface area contributed by atoms with Gasteiger partial charge in [-0.05, 0) is 30.4 Å². The van der Waals surface area contributed by atoms with E-state index in [1.165, 1.54) is 11.3 Å². The fourth-order valence-corrected chi connectivity index (χ4v) is 2.94. The fourth-order valence-electron chi connectivity index (χ4n) is 2.11. The summed E-state index contributed by atoms with van der Waals surface area (Å²) in [6.45, 7) is 3.46. The Balaban J connectivity index is 2.27. The predicted octanol–water partition coefficient (Wildman–Crippen LogP) is 3.25. The number of aryl methyl sites for hydroxylation is 1. The molecular formula is C16H17NO3S. The monoisotopic (exact) mass is 303 g/mol. The Kier molecular flexibility index (Phi) is 4.75. The Bertz CT molecular complexity index is 636. The molecule has 5 heteroatoms. The smallest absolute Gasteiger partial charge is 0.308 e. The summed E-state index contributed by atoms with van der Waals surface area (Å²) in [6, 6.07) is 8.61. The van der Waals surface area contributed by atoms with E-state index in [-0.39, 0.29) is 5.91 Å². The van der Waals surface area contributed by atoms with E-state index in [9.17, 15) is 14.7 Å². The number of carboxylic acids is 1. The molecule has 2 rings (SSSR count). The maximum atomic E-state index is 12.3. The summed E-state index contributed by atoms with van der Waals surface area (Å²) in [6.07, 6.45) is 0. The highest BCUT2D eigenvalue weighted by Crippen LogP contribution is 2.23. The van der Waals surface area contributed by atoms with Crippen molar-refractivity contribution in [1.29, 1.82) is 0 Å². The summed E-state index contributed by atoms with van der Waals surface area (Å²) >= 11 is 1.45. The van der Waals surface area contributed by atoms with Gasteiger partial charge in [0, 0.05) is 5.38 Å². The van der Waals surface area contributed by atoms with Crippen LogP contribution in [0.15, 0.2) is 41.1 Å². The number of carboxylic acid groups (broad SMARTS) is 1. The molecule has 2 atom stereocenters. The van der Waals surface area contributed by atoms with Crippen LogP contribution in [0.5, 0.6) is 0 Å². The van der Waals surface area contributed by atoms with Gasteiger partial charge in [0.25, 0.3) is 5.91 Å². The number of hydrogen-bond acceptors (Lipinski definition) is 3. The van der Waals surface area contributed by atoms with E-state index in [0.29, 0.717) is 5.56 Å². The van der Waals surface area contributed by atoms with Crippen LogP contribution in [0.4, 0.5) is 0 Å². The van der Waals surface area contributed by atoms with E-state index in [1.54, 1.807) is 12.3 Å². The number of rotatable bonds is 5. The molecule has 0 unspecified atom stereocenters. The second-order valence-corrected chi connectivity index (χ2v) is 5.70. The number of carbonyl (C=O) groups is 2. The van der Waals surface area contributed by atoms with Crippen LogP contribution in [0.3, 0.4) is 0 Å². The van der Waals surface area contributed by atoms with Gasteiger partial charge in [0.1, 0.15) is 0 Å². The Labute approximate surface area is 127 Å². The molecule has 4 nitrogen and oxygen atoms in total. The lowest BCUT2D eigenvalue weighted by Gasteiger charge is -2.23. The fraction of sp³-hybridized carbons (Fsp3) is 0.250. The average Bonchev–Trinajstić information content (AvgIpc) is 2.91. The van der Waals surface area contributed by atoms with Crippen molar-refractivity contribution >= 4 is 23.2 Å². The number of benzene rings is 1. The number of carbonyl (C=O) groups excluding carboxylic acids is 1. The van der Waals surface area contributed by atoms with Gasteiger partial charge in [-0.25, -0.2) is 0 Å². The molecule has 0 aliphatic rings. The first-order valence-electron chi connectivity index (χ1n) is 6.62. The molecule has 110 valence electrons. The summed E-state index contributed by atoms with van der Waals surface area (Å²) < 4.78 is 0. The van der Waals surface area contributed by atoms with E-state index < -0.39 is 17.9 Å². The van der Waals surface area contributed by atoms with Gasteiger partial charge in [-0.3, -0.25) is 9.59 Å². The Morgan fingerprint density at radius 2 is 1.86 bits per heavy atom. The van der Waals surface area contributed by atoms with Crippen LogP contribution >= 0.6 is 11.3 Å². The van der Waals surface area contributed by atoms with E-state index in [1.807, 2.05) is 42.6 Å². The summed E-state index contributed by atoms with van der Waals surface area (Å²) in [5.41, 5.74) is 2.28. The normalized spacial score (nSPS) is 13.4. The summed E-state index contributed by atoms with van der Waals surface area (Å²) in [5.74, 6) is -1.89. The number of amides is 1. The van der Waals surface area contributed by atoms with Crippen LogP contribution in [0.2, 0.25) is 0 Å². The van der Waals surface area contributed by atoms with Gasteiger partial charge in [-0.1, -0.05) is 30.3 Å². The van der Waals surface area contributed by atoms with Crippen molar-refractivity contribution in [3.8, 4) is 0 Å². The third-order valence-corrected chi connectivity index (χ3v) is 4.30. The lowest BCUT2D eigenvalue weighted by Crippen LogP contribution is -2.35. The maximum Gasteiger partial charge on any atom is 0.308 e. The van der Waals surface area contributed by atoms with Gasteiger partial charge < -0.3 is 10.4 Å². The molecule has 0 fully saturated rings. The Hall–Kier alpha value is -2.14. The number of aliphatic carboxylic acids is 1. The van der Waals surface area contributed by atoms with Gasteiger partial charge in [-0.15, -0.1) is 0 Å². The predicted molar refractivity (Wildman–Crippen MR) is 82.5 cm³/mol. The van der Waals surface area contributed by atoms with Crippen LogP contribution in [-0.2, 0) is 4.79 Å². The molecule has 0 spiro atoms. The van der Waals surface area contributed by atoms with Crippen LogP contribution in [0.1, 0.15) is 34.5 Å². The second-order valence-electron chi connectivity index (χ2n) is 4.96. The minimum absolute atomic E-state index is 0.240. The first-order valence-corrected chi connectivity index (χ1v) is 7.56. The number of thiophene rings is 1. The van der Waals surface area contributed by atoms with Crippen LogP contribution in [-0.4, -0.2) is 17.0 Å². The van der Waals surface area contributed by atoms with E-state index >= 15 is 0 Å². The van der Waals surface area contributed by atoms with Crippen LogP contribution in [0, 0.1) is 12.8 Å². The lowest BCUT2D eigenvalue weighted by atomic mass is 9.94. The zero-order valence-corrected chi connectivity index (χ0v) is 12.7. The van der Waals surface area contributed by atoms with Gasteiger partial charge >= 0.3 is 5.97 Å². The Morgan fingerprint density at radius 1 is 1.19 bits per heavy atom. The molecule has 1 aromatic carbocycles. The highest BCUT2D eigenvalue weighted by atomic mass is 32.1. The first kappa shape index (κ1) is 15.3. The minimum Gasteiger partial charge on any atom is -0.481 e.